The monoisotopic (exact) mass is 276 g/mol. The van der Waals surface area contributed by atoms with Crippen molar-refractivity contribution in [3.63, 3.8) is 0 Å². The molecule has 0 unspecified atom stereocenters. The summed E-state index contributed by atoms with van der Waals surface area (Å²) in [6, 6.07) is 20.9. The highest BCUT2D eigenvalue weighted by molar-refractivity contribution is 5.89. The summed E-state index contributed by atoms with van der Waals surface area (Å²) in [5.74, 6) is 0.937. The zero-order valence-electron chi connectivity index (χ0n) is 12.7. The van der Waals surface area contributed by atoms with Gasteiger partial charge in [-0.3, -0.25) is 0 Å². The van der Waals surface area contributed by atoms with Gasteiger partial charge in [0.15, 0.2) is 0 Å². The van der Waals surface area contributed by atoms with E-state index in [2.05, 4.69) is 74.6 Å². The lowest BCUT2D eigenvalue weighted by Crippen LogP contribution is -2.27. The summed E-state index contributed by atoms with van der Waals surface area (Å²) in [6.45, 7) is 6.45. The van der Waals surface area contributed by atoms with E-state index in [-0.39, 0.29) is 5.54 Å². The Morgan fingerprint density at radius 1 is 0.857 bits per heavy atom. The average molecular weight is 276 g/mol. The molecule has 0 spiro atoms. The molecule has 1 N–H and O–H groups in total. The number of hydrogen-bond acceptors (Lipinski definition) is 2. The Morgan fingerprint density at radius 2 is 1.52 bits per heavy atom. The number of pyridine rings is 1. The van der Waals surface area contributed by atoms with Gasteiger partial charge in [0.2, 0.25) is 0 Å². The van der Waals surface area contributed by atoms with Gasteiger partial charge in [-0.2, -0.15) is 0 Å². The van der Waals surface area contributed by atoms with Crippen LogP contribution >= 0.6 is 0 Å². The molecular formula is C19H20N2. The van der Waals surface area contributed by atoms with Crippen LogP contribution in [0.1, 0.15) is 20.8 Å². The predicted octanol–water partition coefficient (Wildman–Crippen LogP) is 5.11. The second kappa shape index (κ2) is 5.21. The summed E-state index contributed by atoms with van der Waals surface area (Å²) < 4.78 is 0. The maximum Gasteiger partial charge on any atom is 0.134 e. The van der Waals surface area contributed by atoms with Crippen LogP contribution in [0.2, 0.25) is 0 Å². The SMILES string of the molecule is CC(C)(C)Nc1nc2ccccc2cc1-c1ccccc1. The molecule has 0 saturated heterocycles. The quantitative estimate of drug-likeness (QED) is 0.703. The molecule has 3 rings (SSSR count). The minimum atomic E-state index is -0.0288. The highest BCUT2D eigenvalue weighted by Gasteiger charge is 2.15. The largest absolute Gasteiger partial charge is 0.365 e. The molecular weight excluding hydrogens is 256 g/mol. The van der Waals surface area contributed by atoms with Crippen LogP contribution in [0.25, 0.3) is 22.0 Å². The first kappa shape index (κ1) is 13.6. The molecule has 0 amide bonds. The maximum absolute atomic E-state index is 4.83. The fourth-order valence-corrected chi connectivity index (χ4v) is 2.40. The number of rotatable bonds is 2. The van der Waals surface area contributed by atoms with Crippen molar-refractivity contribution in [2.24, 2.45) is 0 Å². The Kier molecular flexibility index (Phi) is 3.38. The first-order valence-electron chi connectivity index (χ1n) is 7.26. The van der Waals surface area contributed by atoms with E-state index in [9.17, 15) is 0 Å². The fourth-order valence-electron chi connectivity index (χ4n) is 2.40. The van der Waals surface area contributed by atoms with Crippen LogP contribution in [0, 0.1) is 0 Å². The van der Waals surface area contributed by atoms with Crippen molar-refractivity contribution in [2.75, 3.05) is 5.32 Å². The van der Waals surface area contributed by atoms with Gasteiger partial charge in [-0.25, -0.2) is 4.98 Å². The van der Waals surface area contributed by atoms with E-state index in [1.807, 2.05) is 12.1 Å². The first-order valence-corrected chi connectivity index (χ1v) is 7.26. The normalized spacial score (nSPS) is 11.6. The minimum absolute atomic E-state index is 0.0288. The standard InChI is InChI=1S/C19H20N2/c1-19(2,3)21-18-16(14-9-5-4-6-10-14)13-15-11-7-8-12-17(15)20-18/h4-13H,1-3H3,(H,20,21). The molecule has 0 bridgehead atoms. The van der Waals surface area contributed by atoms with E-state index in [1.165, 1.54) is 5.56 Å². The summed E-state index contributed by atoms with van der Waals surface area (Å²) in [4.78, 5) is 4.83. The average Bonchev–Trinajstić information content (AvgIpc) is 2.46. The number of nitrogens with one attached hydrogen (secondary N) is 1. The van der Waals surface area contributed by atoms with Gasteiger partial charge in [-0.15, -0.1) is 0 Å². The number of anilines is 1. The number of para-hydroxylation sites is 1. The lowest BCUT2D eigenvalue weighted by atomic mass is 10.0. The minimum Gasteiger partial charge on any atom is -0.365 e. The van der Waals surface area contributed by atoms with Gasteiger partial charge in [-0.05, 0) is 38.5 Å². The third kappa shape index (κ3) is 3.05. The van der Waals surface area contributed by atoms with Gasteiger partial charge < -0.3 is 5.32 Å². The lowest BCUT2D eigenvalue weighted by molar-refractivity contribution is 0.631. The van der Waals surface area contributed by atoms with Crippen LogP contribution in [-0.2, 0) is 0 Å². The molecule has 21 heavy (non-hydrogen) atoms. The summed E-state index contributed by atoms with van der Waals surface area (Å²) in [6.07, 6.45) is 0. The van der Waals surface area contributed by atoms with E-state index in [0.29, 0.717) is 0 Å². The van der Waals surface area contributed by atoms with Crippen LogP contribution in [0.15, 0.2) is 60.7 Å². The van der Waals surface area contributed by atoms with Gasteiger partial charge in [0, 0.05) is 16.5 Å². The molecule has 106 valence electrons. The van der Waals surface area contributed by atoms with Crippen molar-refractivity contribution in [1.82, 2.24) is 4.98 Å². The predicted molar refractivity (Wildman–Crippen MR) is 90.6 cm³/mol. The van der Waals surface area contributed by atoms with E-state index < -0.39 is 0 Å². The molecule has 2 aromatic carbocycles. The Morgan fingerprint density at radius 3 is 2.24 bits per heavy atom. The fraction of sp³-hybridized carbons (Fsp3) is 0.211. The van der Waals surface area contributed by atoms with Crippen LogP contribution in [0.5, 0.6) is 0 Å². The molecule has 0 radical (unpaired) electrons. The van der Waals surface area contributed by atoms with Gasteiger partial charge >= 0.3 is 0 Å². The van der Waals surface area contributed by atoms with Gasteiger partial charge in [0.1, 0.15) is 5.82 Å². The lowest BCUT2D eigenvalue weighted by Gasteiger charge is -2.23. The zero-order chi connectivity index (χ0) is 14.9. The molecule has 2 nitrogen and oxygen atoms in total. The number of hydrogen-bond donors (Lipinski definition) is 1. The summed E-state index contributed by atoms with van der Waals surface area (Å²) in [5.41, 5.74) is 3.31. The first-order chi connectivity index (χ1) is 10.0. The third-order valence-corrected chi connectivity index (χ3v) is 3.30. The molecule has 0 aliphatic heterocycles. The highest BCUT2D eigenvalue weighted by atomic mass is 15.0. The van der Waals surface area contributed by atoms with E-state index in [4.69, 9.17) is 4.98 Å². The molecule has 1 aromatic heterocycles. The van der Waals surface area contributed by atoms with Crippen LogP contribution < -0.4 is 5.32 Å². The Balaban J connectivity index is 2.22. The highest BCUT2D eigenvalue weighted by Crippen LogP contribution is 2.31. The molecule has 3 aromatic rings. The molecule has 0 atom stereocenters. The number of fused-ring (bicyclic) bond motifs is 1. The van der Waals surface area contributed by atoms with Crippen molar-refractivity contribution in [1.29, 1.82) is 0 Å². The Bertz CT molecular complexity index is 755. The van der Waals surface area contributed by atoms with E-state index in [0.717, 1.165) is 22.3 Å². The Hall–Kier alpha value is -2.35. The second-order valence-electron chi connectivity index (χ2n) is 6.32. The Labute approximate surface area is 125 Å². The van der Waals surface area contributed by atoms with Crippen LogP contribution in [-0.4, -0.2) is 10.5 Å². The zero-order valence-corrected chi connectivity index (χ0v) is 12.7. The molecule has 0 aliphatic rings. The molecule has 0 aliphatic carbocycles. The van der Waals surface area contributed by atoms with Crippen molar-refractivity contribution in [3.8, 4) is 11.1 Å². The van der Waals surface area contributed by atoms with E-state index >= 15 is 0 Å². The number of aromatic nitrogens is 1. The smallest absolute Gasteiger partial charge is 0.134 e. The third-order valence-electron chi connectivity index (χ3n) is 3.30. The topological polar surface area (TPSA) is 24.9 Å². The van der Waals surface area contributed by atoms with Gasteiger partial charge in [0.25, 0.3) is 0 Å². The number of nitrogens with zero attached hydrogens (tertiary/aromatic N) is 1. The van der Waals surface area contributed by atoms with Crippen molar-refractivity contribution < 1.29 is 0 Å². The number of benzene rings is 2. The molecule has 0 saturated carbocycles. The summed E-state index contributed by atoms with van der Waals surface area (Å²) in [7, 11) is 0. The summed E-state index contributed by atoms with van der Waals surface area (Å²) >= 11 is 0. The van der Waals surface area contributed by atoms with Crippen molar-refractivity contribution >= 4 is 16.7 Å². The van der Waals surface area contributed by atoms with Gasteiger partial charge in [0.05, 0.1) is 5.52 Å². The summed E-state index contributed by atoms with van der Waals surface area (Å²) in [5, 5.41) is 4.69. The van der Waals surface area contributed by atoms with Crippen molar-refractivity contribution in [3.05, 3.63) is 60.7 Å². The van der Waals surface area contributed by atoms with Gasteiger partial charge in [-0.1, -0.05) is 48.5 Å². The van der Waals surface area contributed by atoms with E-state index in [1.54, 1.807) is 0 Å². The van der Waals surface area contributed by atoms with Crippen LogP contribution in [0.3, 0.4) is 0 Å². The second-order valence-corrected chi connectivity index (χ2v) is 6.32. The maximum atomic E-state index is 4.83. The van der Waals surface area contributed by atoms with Crippen LogP contribution in [0.4, 0.5) is 5.82 Å². The molecule has 0 fully saturated rings. The molecule has 1 heterocycles. The van der Waals surface area contributed by atoms with Crippen molar-refractivity contribution in [2.45, 2.75) is 26.3 Å². The molecule has 2 heteroatoms.